The van der Waals surface area contributed by atoms with Crippen LogP contribution in [0.2, 0.25) is 0 Å². The van der Waals surface area contributed by atoms with Crippen LogP contribution in [0.3, 0.4) is 0 Å². The molecule has 0 aliphatic carbocycles. The summed E-state index contributed by atoms with van der Waals surface area (Å²) in [6.07, 6.45) is 2.26. The molecule has 0 spiro atoms. The summed E-state index contributed by atoms with van der Waals surface area (Å²) in [6, 6.07) is 4.98. The molecule has 2 N–H and O–H groups in total. The molecule has 0 aromatic heterocycles. The van der Waals surface area contributed by atoms with E-state index in [1.165, 1.54) is 4.31 Å². The van der Waals surface area contributed by atoms with Crippen molar-refractivity contribution in [3.63, 3.8) is 0 Å². The van der Waals surface area contributed by atoms with E-state index in [2.05, 4.69) is 10.6 Å². The van der Waals surface area contributed by atoms with Gasteiger partial charge in [-0.3, -0.25) is 0 Å². The molecule has 0 amide bonds. The summed E-state index contributed by atoms with van der Waals surface area (Å²) in [5.41, 5.74) is 0.592. The Morgan fingerprint density at radius 2 is 2.07 bits per heavy atom. The number of benzene rings is 1. The van der Waals surface area contributed by atoms with Crippen LogP contribution in [0.1, 0.15) is 33.6 Å². The van der Waals surface area contributed by atoms with Crippen molar-refractivity contribution in [1.82, 2.24) is 9.62 Å². The molecule has 0 saturated carbocycles. The number of ether oxygens (including phenoxy) is 2. The molecule has 1 aliphatic heterocycles. The fourth-order valence-electron chi connectivity index (χ4n) is 2.95. The maximum atomic E-state index is 13.0. The SMILES string of the molecule is CCOc1ccc(NC(=S)NC[C@H]2CCCO2)cc1S(=O)(=O)N(CC)CC. The summed E-state index contributed by atoms with van der Waals surface area (Å²) in [5.74, 6) is 0.341. The third-order valence-electron chi connectivity index (χ3n) is 4.34. The predicted molar refractivity (Wildman–Crippen MR) is 111 cm³/mol. The van der Waals surface area contributed by atoms with Crippen molar-refractivity contribution in [2.45, 2.75) is 44.6 Å². The summed E-state index contributed by atoms with van der Waals surface area (Å²) >= 11 is 5.32. The van der Waals surface area contributed by atoms with E-state index in [1.807, 2.05) is 20.8 Å². The molecular weight excluding hydrogens is 386 g/mol. The van der Waals surface area contributed by atoms with E-state index >= 15 is 0 Å². The zero-order valence-electron chi connectivity index (χ0n) is 16.2. The van der Waals surface area contributed by atoms with Crippen LogP contribution in [0.25, 0.3) is 0 Å². The Hall–Kier alpha value is -1.42. The second kappa shape index (κ2) is 10.2. The average molecular weight is 416 g/mol. The molecule has 1 aliphatic rings. The summed E-state index contributed by atoms with van der Waals surface area (Å²) in [6.45, 7) is 8.04. The van der Waals surface area contributed by atoms with Gasteiger partial charge in [-0.25, -0.2) is 8.42 Å². The fourth-order valence-corrected chi connectivity index (χ4v) is 4.77. The molecule has 2 rings (SSSR count). The number of thiocarbonyl (C=S) groups is 1. The quantitative estimate of drug-likeness (QED) is 0.600. The van der Waals surface area contributed by atoms with Gasteiger partial charge in [0.2, 0.25) is 10.0 Å². The minimum Gasteiger partial charge on any atom is -0.492 e. The lowest BCUT2D eigenvalue weighted by atomic mass is 10.2. The van der Waals surface area contributed by atoms with Gasteiger partial charge in [0, 0.05) is 31.9 Å². The van der Waals surface area contributed by atoms with Gasteiger partial charge in [0.15, 0.2) is 5.11 Å². The number of rotatable bonds is 9. The van der Waals surface area contributed by atoms with Crippen LogP contribution in [0, 0.1) is 0 Å². The van der Waals surface area contributed by atoms with E-state index in [0.29, 0.717) is 42.8 Å². The van der Waals surface area contributed by atoms with Crippen LogP contribution in [0.5, 0.6) is 5.75 Å². The van der Waals surface area contributed by atoms with E-state index < -0.39 is 10.0 Å². The predicted octanol–water partition coefficient (Wildman–Crippen LogP) is 2.58. The number of sulfonamides is 1. The Morgan fingerprint density at radius 1 is 1.33 bits per heavy atom. The molecule has 27 heavy (non-hydrogen) atoms. The van der Waals surface area contributed by atoms with Crippen molar-refractivity contribution < 1.29 is 17.9 Å². The van der Waals surface area contributed by atoms with Crippen LogP contribution in [-0.2, 0) is 14.8 Å². The average Bonchev–Trinajstić information content (AvgIpc) is 3.16. The molecule has 0 bridgehead atoms. The van der Waals surface area contributed by atoms with E-state index in [1.54, 1.807) is 18.2 Å². The molecule has 9 heteroatoms. The van der Waals surface area contributed by atoms with Gasteiger partial charge in [0.1, 0.15) is 10.6 Å². The lowest BCUT2D eigenvalue weighted by Gasteiger charge is -2.21. The van der Waals surface area contributed by atoms with Crippen LogP contribution < -0.4 is 15.4 Å². The smallest absolute Gasteiger partial charge is 0.246 e. The highest BCUT2D eigenvalue weighted by Gasteiger charge is 2.26. The maximum Gasteiger partial charge on any atom is 0.246 e. The number of anilines is 1. The van der Waals surface area contributed by atoms with E-state index in [0.717, 1.165) is 19.4 Å². The normalized spacial score (nSPS) is 17.1. The van der Waals surface area contributed by atoms with Crippen LogP contribution >= 0.6 is 12.2 Å². The van der Waals surface area contributed by atoms with Crippen molar-refractivity contribution in [2.24, 2.45) is 0 Å². The molecule has 0 unspecified atom stereocenters. The monoisotopic (exact) mass is 415 g/mol. The molecule has 152 valence electrons. The molecule has 1 saturated heterocycles. The minimum atomic E-state index is -3.65. The number of nitrogens with one attached hydrogen (secondary N) is 2. The maximum absolute atomic E-state index is 13.0. The molecule has 1 atom stereocenters. The highest BCUT2D eigenvalue weighted by Crippen LogP contribution is 2.30. The Labute approximate surface area is 167 Å². The Bertz CT molecular complexity index is 730. The topological polar surface area (TPSA) is 79.9 Å². The Balaban J connectivity index is 2.17. The van der Waals surface area contributed by atoms with Gasteiger partial charge in [0.05, 0.1) is 12.7 Å². The molecule has 1 aromatic carbocycles. The zero-order valence-corrected chi connectivity index (χ0v) is 17.8. The highest BCUT2D eigenvalue weighted by atomic mass is 32.2. The standard InChI is InChI=1S/C18H29N3O4S2/c1-4-21(5-2)27(22,23)17-12-14(9-10-16(17)24-6-3)20-18(26)19-13-15-8-7-11-25-15/h9-10,12,15H,4-8,11,13H2,1-3H3,(H2,19,20,26)/t15-/m1/s1. The fraction of sp³-hybridized carbons (Fsp3) is 0.611. The summed E-state index contributed by atoms with van der Waals surface area (Å²) < 4.78 is 38.5. The van der Waals surface area contributed by atoms with Crippen molar-refractivity contribution >= 4 is 33.0 Å². The minimum absolute atomic E-state index is 0.139. The first-order valence-corrected chi connectivity index (χ1v) is 11.2. The highest BCUT2D eigenvalue weighted by molar-refractivity contribution is 7.89. The molecule has 7 nitrogen and oxygen atoms in total. The van der Waals surface area contributed by atoms with Crippen LogP contribution in [0.4, 0.5) is 5.69 Å². The first kappa shape index (κ1) is 21.9. The lowest BCUT2D eigenvalue weighted by molar-refractivity contribution is 0.114. The van der Waals surface area contributed by atoms with Crippen molar-refractivity contribution in [2.75, 3.05) is 38.2 Å². The third-order valence-corrected chi connectivity index (χ3v) is 6.66. The van der Waals surface area contributed by atoms with Gasteiger partial charge in [0.25, 0.3) is 0 Å². The van der Waals surface area contributed by atoms with Crippen molar-refractivity contribution in [1.29, 1.82) is 0 Å². The van der Waals surface area contributed by atoms with Gasteiger partial charge in [-0.2, -0.15) is 4.31 Å². The zero-order chi connectivity index (χ0) is 19.9. The van der Waals surface area contributed by atoms with Gasteiger partial charge >= 0.3 is 0 Å². The van der Waals surface area contributed by atoms with E-state index in [4.69, 9.17) is 21.7 Å². The number of hydrogen-bond acceptors (Lipinski definition) is 5. The number of nitrogens with zero attached hydrogens (tertiary/aromatic N) is 1. The number of hydrogen-bond donors (Lipinski definition) is 2. The summed E-state index contributed by atoms with van der Waals surface area (Å²) in [4.78, 5) is 0.139. The molecule has 1 heterocycles. The van der Waals surface area contributed by atoms with Gasteiger partial charge in [-0.15, -0.1) is 0 Å². The second-order valence-corrected chi connectivity index (χ2v) is 8.47. The third kappa shape index (κ3) is 5.78. The first-order chi connectivity index (χ1) is 12.9. The van der Waals surface area contributed by atoms with Crippen molar-refractivity contribution in [3.8, 4) is 5.75 Å². The second-order valence-electron chi connectivity index (χ2n) is 6.15. The first-order valence-electron chi connectivity index (χ1n) is 9.35. The Kier molecular flexibility index (Phi) is 8.28. The van der Waals surface area contributed by atoms with Gasteiger partial charge in [-0.1, -0.05) is 13.8 Å². The van der Waals surface area contributed by atoms with E-state index in [9.17, 15) is 8.42 Å². The lowest BCUT2D eigenvalue weighted by Crippen LogP contribution is -2.35. The molecule has 1 aromatic rings. The van der Waals surface area contributed by atoms with E-state index in [-0.39, 0.29) is 11.0 Å². The molecular formula is C18H29N3O4S2. The molecule has 0 radical (unpaired) electrons. The van der Waals surface area contributed by atoms with Crippen LogP contribution in [0.15, 0.2) is 23.1 Å². The Morgan fingerprint density at radius 3 is 2.67 bits per heavy atom. The summed E-state index contributed by atoms with van der Waals surface area (Å²) in [7, 11) is -3.65. The molecule has 1 fully saturated rings. The summed E-state index contributed by atoms with van der Waals surface area (Å²) in [5, 5.41) is 6.60. The van der Waals surface area contributed by atoms with Gasteiger partial charge in [-0.05, 0) is 50.2 Å². The van der Waals surface area contributed by atoms with Crippen molar-refractivity contribution in [3.05, 3.63) is 18.2 Å². The largest absolute Gasteiger partial charge is 0.492 e. The van der Waals surface area contributed by atoms with Crippen LogP contribution in [-0.4, -0.2) is 56.8 Å². The van der Waals surface area contributed by atoms with Gasteiger partial charge < -0.3 is 20.1 Å².